The van der Waals surface area contributed by atoms with Crippen LogP contribution in [0.25, 0.3) is 11.1 Å². The van der Waals surface area contributed by atoms with Crippen LogP contribution >= 0.6 is 7.92 Å². The molecule has 8 bridgehead atoms. The van der Waals surface area contributed by atoms with Crippen LogP contribution in [0.15, 0.2) is 36.4 Å². The average molecular weight is 650 g/mol. The minimum atomic E-state index is -4.38. The minimum absolute atomic E-state index is 0.275. The van der Waals surface area contributed by atoms with Gasteiger partial charge in [-0.2, -0.15) is 13.2 Å². The fourth-order valence-corrected chi connectivity index (χ4v) is 18.7. The summed E-state index contributed by atoms with van der Waals surface area (Å²) in [6, 6.07) is 11.4. The SMILES string of the molecule is COc1ccc(N2CCCC(C)C2)cc1-c1cc(C(F)(F)F)ccc1P(C12CC3CC(CC(C3)C1)C2)C12CC3CC(CC(C3)C1)C2. The lowest BCUT2D eigenvalue weighted by molar-refractivity contribution is -0.137. The lowest BCUT2D eigenvalue weighted by Gasteiger charge is -2.67. The number of hydrogen-bond acceptors (Lipinski definition) is 2. The molecule has 2 aromatic rings. The van der Waals surface area contributed by atoms with Crippen molar-refractivity contribution in [3.63, 3.8) is 0 Å². The van der Waals surface area contributed by atoms with Gasteiger partial charge in [-0.25, -0.2) is 0 Å². The average Bonchev–Trinajstić information content (AvgIpc) is 2.99. The molecule has 1 saturated heterocycles. The second-order valence-corrected chi connectivity index (χ2v) is 20.5. The fourth-order valence-electron chi connectivity index (χ4n) is 13.3. The summed E-state index contributed by atoms with van der Waals surface area (Å²) >= 11 is 0. The topological polar surface area (TPSA) is 12.5 Å². The second kappa shape index (κ2) is 10.9. The molecule has 1 heterocycles. The summed E-state index contributed by atoms with van der Waals surface area (Å²) in [6.07, 6.45) is 14.3. The highest BCUT2D eigenvalue weighted by Crippen LogP contribution is 2.78. The molecule has 0 spiro atoms. The van der Waals surface area contributed by atoms with Gasteiger partial charge in [0.2, 0.25) is 0 Å². The smallest absolute Gasteiger partial charge is 0.416 e. The molecule has 0 radical (unpaired) electrons. The van der Waals surface area contributed by atoms with Gasteiger partial charge in [-0.1, -0.05) is 20.9 Å². The lowest BCUT2D eigenvalue weighted by Crippen LogP contribution is -2.58. The Balaban J connectivity index is 1.25. The third-order valence-electron chi connectivity index (χ3n) is 14.0. The Bertz CT molecular complexity index is 1390. The van der Waals surface area contributed by atoms with Crippen molar-refractivity contribution in [3.8, 4) is 16.9 Å². The molecule has 6 heteroatoms. The summed E-state index contributed by atoms with van der Waals surface area (Å²) in [5.74, 6) is 6.25. The molecule has 248 valence electrons. The Morgan fingerprint density at radius 3 is 1.76 bits per heavy atom. The molecule has 0 aromatic heterocycles. The van der Waals surface area contributed by atoms with E-state index >= 15 is 0 Å². The maximum Gasteiger partial charge on any atom is 0.416 e. The summed E-state index contributed by atoms with van der Waals surface area (Å²) in [5.41, 5.74) is 2.31. The van der Waals surface area contributed by atoms with Gasteiger partial charge in [0.25, 0.3) is 0 Å². The Kier molecular flexibility index (Phi) is 7.17. The molecule has 2 nitrogen and oxygen atoms in total. The van der Waals surface area contributed by atoms with Crippen LogP contribution in [0.2, 0.25) is 0 Å². The zero-order valence-electron chi connectivity index (χ0n) is 27.8. The maximum atomic E-state index is 14.6. The van der Waals surface area contributed by atoms with Crippen molar-refractivity contribution in [1.29, 1.82) is 0 Å². The zero-order chi connectivity index (χ0) is 31.4. The number of ether oxygens (including phenoxy) is 1. The van der Waals surface area contributed by atoms with Gasteiger partial charge in [-0.15, -0.1) is 0 Å². The summed E-state index contributed by atoms with van der Waals surface area (Å²) in [4.78, 5) is 2.45. The van der Waals surface area contributed by atoms with Crippen molar-refractivity contribution < 1.29 is 17.9 Å². The fraction of sp³-hybridized carbons (Fsp3) is 0.700. The number of hydrogen-bond donors (Lipinski definition) is 0. The molecule has 1 unspecified atom stereocenters. The highest BCUT2D eigenvalue weighted by Gasteiger charge is 2.63. The number of halogens is 3. The molecule has 1 atom stereocenters. The van der Waals surface area contributed by atoms with Gasteiger partial charge in [-0.05, 0) is 183 Å². The van der Waals surface area contributed by atoms with Crippen LogP contribution in [0.4, 0.5) is 18.9 Å². The van der Waals surface area contributed by atoms with E-state index in [1.54, 1.807) is 13.2 Å². The summed E-state index contributed by atoms with van der Waals surface area (Å²) in [7, 11) is 1.01. The van der Waals surface area contributed by atoms with Crippen molar-refractivity contribution in [1.82, 2.24) is 0 Å². The Hall–Kier alpha value is -1.74. The van der Waals surface area contributed by atoms with Crippen LogP contribution in [-0.2, 0) is 6.18 Å². The van der Waals surface area contributed by atoms with E-state index in [1.807, 2.05) is 12.1 Å². The zero-order valence-corrected chi connectivity index (χ0v) is 28.7. The molecule has 0 N–H and O–H groups in total. The van der Waals surface area contributed by atoms with Crippen molar-refractivity contribution in [3.05, 3.63) is 42.0 Å². The Labute approximate surface area is 275 Å². The highest BCUT2D eigenvalue weighted by molar-refractivity contribution is 7.69. The van der Waals surface area contributed by atoms with E-state index in [1.165, 1.54) is 94.8 Å². The predicted molar refractivity (Wildman–Crippen MR) is 182 cm³/mol. The van der Waals surface area contributed by atoms with E-state index in [-0.39, 0.29) is 10.3 Å². The number of benzene rings is 2. The number of alkyl halides is 3. The van der Waals surface area contributed by atoms with Gasteiger partial charge < -0.3 is 9.64 Å². The van der Waals surface area contributed by atoms with E-state index < -0.39 is 19.7 Å². The first kappa shape index (κ1) is 30.3. The van der Waals surface area contributed by atoms with Gasteiger partial charge >= 0.3 is 6.18 Å². The molecule has 1 aliphatic heterocycles. The van der Waals surface area contributed by atoms with Gasteiger partial charge in [0, 0.05) is 24.3 Å². The Morgan fingerprint density at radius 1 is 0.739 bits per heavy atom. The van der Waals surface area contributed by atoms with E-state index in [4.69, 9.17) is 4.74 Å². The van der Waals surface area contributed by atoms with Gasteiger partial charge in [0.15, 0.2) is 0 Å². The molecule has 9 fully saturated rings. The van der Waals surface area contributed by atoms with Crippen molar-refractivity contribution in [2.45, 2.75) is 113 Å². The van der Waals surface area contributed by atoms with Crippen LogP contribution in [0.1, 0.15) is 102 Å². The highest BCUT2D eigenvalue weighted by atomic mass is 31.1. The van der Waals surface area contributed by atoms with Crippen molar-refractivity contribution in [2.75, 3.05) is 25.1 Å². The Morgan fingerprint density at radius 2 is 1.28 bits per heavy atom. The third-order valence-corrected chi connectivity index (χ3v) is 17.9. The molecular formula is C40H51F3NOP. The second-order valence-electron chi connectivity index (χ2n) is 17.4. The molecule has 46 heavy (non-hydrogen) atoms. The normalized spacial score (nSPS) is 40.0. The van der Waals surface area contributed by atoms with Gasteiger partial charge in [-0.3, -0.25) is 0 Å². The van der Waals surface area contributed by atoms with E-state index in [0.717, 1.165) is 71.8 Å². The standard InChI is InChI=1S/C40H51F3NOP/c1-25-4-3-9-44(24-25)33-6-7-36(45-2)34(17-33)35-16-32(40(41,42)43)5-8-37(35)46(38-18-26-10-27(19-38)12-28(11-26)20-38)39-21-29-13-30(22-39)15-31(14-29)23-39/h5-8,16-17,25-31H,3-4,9-15,18-24H2,1-2H3. The molecule has 9 aliphatic rings. The van der Waals surface area contributed by atoms with E-state index in [9.17, 15) is 13.2 Å². The summed E-state index contributed by atoms with van der Waals surface area (Å²) < 4.78 is 49.8. The first-order valence-electron chi connectivity index (χ1n) is 18.5. The van der Waals surface area contributed by atoms with Crippen LogP contribution in [0.3, 0.4) is 0 Å². The van der Waals surface area contributed by atoms with Crippen LogP contribution in [-0.4, -0.2) is 30.5 Å². The monoisotopic (exact) mass is 649 g/mol. The van der Waals surface area contributed by atoms with Crippen LogP contribution < -0.4 is 14.9 Å². The molecule has 8 saturated carbocycles. The molecular weight excluding hydrogens is 598 g/mol. The number of nitrogens with zero attached hydrogens (tertiary/aromatic N) is 1. The number of piperidine rings is 1. The third kappa shape index (κ3) is 4.97. The van der Waals surface area contributed by atoms with E-state index in [0.29, 0.717) is 11.7 Å². The van der Waals surface area contributed by atoms with Crippen molar-refractivity contribution >= 4 is 18.9 Å². The molecule has 2 aromatic carbocycles. The molecule has 8 aliphatic carbocycles. The quantitative estimate of drug-likeness (QED) is 0.289. The number of methoxy groups -OCH3 is 1. The van der Waals surface area contributed by atoms with Gasteiger partial charge in [0.1, 0.15) is 5.75 Å². The number of rotatable bonds is 6. The predicted octanol–water partition coefficient (Wildman–Crippen LogP) is 10.7. The first-order chi connectivity index (χ1) is 22.1. The first-order valence-corrected chi connectivity index (χ1v) is 19.9. The minimum Gasteiger partial charge on any atom is -0.496 e. The lowest BCUT2D eigenvalue weighted by atomic mass is 9.55. The molecule has 0 amide bonds. The maximum absolute atomic E-state index is 14.6. The molecule has 11 rings (SSSR count). The van der Waals surface area contributed by atoms with E-state index in [2.05, 4.69) is 24.0 Å². The van der Waals surface area contributed by atoms with Crippen LogP contribution in [0.5, 0.6) is 5.75 Å². The largest absolute Gasteiger partial charge is 0.496 e. The summed E-state index contributed by atoms with van der Waals surface area (Å²) in [6.45, 7) is 4.30. The van der Waals surface area contributed by atoms with Crippen molar-refractivity contribution in [2.24, 2.45) is 41.4 Å². The number of anilines is 1. The summed E-state index contributed by atoms with van der Waals surface area (Å²) in [5, 5.41) is 1.84. The van der Waals surface area contributed by atoms with Crippen LogP contribution in [0, 0.1) is 41.4 Å². The van der Waals surface area contributed by atoms with Gasteiger partial charge in [0.05, 0.1) is 12.7 Å².